The largest absolute Gasteiger partial charge is 0.490 e. The molecule has 0 saturated carbocycles. The monoisotopic (exact) mass is 272 g/mol. The molecule has 0 bridgehead atoms. The molecule has 0 aliphatic heterocycles. The van der Waals surface area contributed by atoms with E-state index in [1.165, 1.54) is 12.3 Å². The van der Waals surface area contributed by atoms with E-state index < -0.39 is 18.8 Å². The second-order valence-corrected chi connectivity index (χ2v) is 5.00. The van der Waals surface area contributed by atoms with Gasteiger partial charge >= 0.3 is 13.2 Å². The van der Waals surface area contributed by atoms with Gasteiger partial charge in [0.05, 0.1) is 5.02 Å². The van der Waals surface area contributed by atoms with Crippen LogP contribution < -0.4 is 10.8 Å². The van der Waals surface area contributed by atoms with Crippen LogP contribution in [0.3, 0.4) is 0 Å². The average Bonchev–Trinajstić information content (AvgIpc) is 2.17. The third kappa shape index (κ3) is 4.52. The molecule has 0 fully saturated rings. The van der Waals surface area contributed by atoms with E-state index in [0.29, 0.717) is 0 Å². The molecule has 3 N–H and O–H groups in total. The molecule has 0 atom stereocenters. The summed E-state index contributed by atoms with van der Waals surface area (Å²) >= 11 is 5.71. The first-order valence-corrected chi connectivity index (χ1v) is 5.58. The van der Waals surface area contributed by atoms with E-state index in [9.17, 15) is 4.79 Å². The van der Waals surface area contributed by atoms with Crippen molar-refractivity contribution in [1.82, 2.24) is 4.98 Å². The third-order valence-electron chi connectivity index (χ3n) is 1.79. The molecule has 0 aliphatic carbocycles. The second-order valence-electron chi connectivity index (χ2n) is 4.59. The number of amides is 1. The molecule has 0 saturated heterocycles. The van der Waals surface area contributed by atoms with Crippen molar-refractivity contribution in [2.75, 3.05) is 5.32 Å². The van der Waals surface area contributed by atoms with Gasteiger partial charge in [-0.15, -0.1) is 0 Å². The Balaban J connectivity index is 2.80. The van der Waals surface area contributed by atoms with E-state index in [1.807, 2.05) is 0 Å². The molecule has 8 heteroatoms. The number of carbonyl (C=O) groups is 1. The summed E-state index contributed by atoms with van der Waals surface area (Å²) in [6.07, 6.45) is 0.527. The molecular weight excluding hydrogens is 258 g/mol. The van der Waals surface area contributed by atoms with Gasteiger partial charge in [0.25, 0.3) is 0 Å². The number of pyridine rings is 1. The number of carbonyl (C=O) groups excluding carboxylic acids is 1. The molecule has 0 radical (unpaired) electrons. The minimum absolute atomic E-state index is 0.0534. The van der Waals surface area contributed by atoms with Crippen LogP contribution in [-0.4, -0.2) is 33.8 Å². The Morgan fingerprint density at radius 3 is 2.61 bits per heavy atom. The third-order valence-corrected chi connectivity index (χ3v) is 2.11. The molecule has 98 valence electrons. The molecule has 0 aromatic carbocycles. The zero-order chi connectivity index (χ0) is 13.9. The summed E-state index contributed by atoms with van der Waals surface area (Å²) in [7, 11) is -1.74. The zero-order valence-electron chi connectivity index (χ0n) is 10.3. The Bertz CT molecular complexity index is 448. The Labute approximate surface area is 110 Å². The van der Waals surface area contributed by atoms with Crippen molar-refractivity contribution in [1.29, 1.82) is 0 Å². The smallest absolute Gasteiger partial charge is 0.444 e. The predicted octanol–water partition coefficient (Wildman–Crippen LogP) is 0.762. The van der Waals surface area contributed by atoms with Crippen molar-refractivity contribution in [3.05, 3.63) is 17.3 Å². The lowest BCUT2D eigenvalue weighted by atomic mass is 9.81. The van der Waals surface area contributed by atoms with Gasteiger partial charge in [-0.05, 0) is 26.8 Å². The van der Waals surface area contributed by atoms with Gasteiger partial charge in [-0.2, -0.15) is 0 Å². The first-order chi connectivity index (χ1) is 8.19. The number of halogens is 1. The molecule has 6 nitrogen and oxygen atoms in total. The van der Waals surface area contributed by atoms with Gasteiger partial charge in [-0.1, -0.05) is 11.6 Å². The van der Waals surface area contributed by atoms with E-state index in [1.54, 1.807) is 20.8 Å². The maximum Gasteiger partial charge on any atom is 0.490 e. The molecule has 0 aliphatic rings. The highest BCUT2D eigenvalue weighted by atomic mass is 35.5. The van der Waals surface area contributed by atoms with E-state index in [-0.39, 0.29) is 16.3 Å². The summed E-state index contributed by atoms with van der Waals surface area (Å²) in [5, 5.41) is 20.6. The van der Waals surface area contributed by atoms with E-state index >= 15 is 0 Å². The Morgan fingerprint density at radius 2 is 2.11 bits per heavy atom. The van der Waals surface area contributed by atoms with Gasteiger partial charge < -0.3 is 14.8 Å². The summed E-state index contributed by atoms with van der Waals surface area (Å²) in [5.74, 6) is 0.122. The lowest BCUT2D eigenvalue weighted by Gasteiger charge is -2.19. The van der Waals surface area contributed by atoms with Crippen LogP contribution in [0.2, 0.25) is 5.02 Å². The summed E-state index contributed by atoms with van der Waals surface area (Å²) in [6.45, 7) is 5.18. The number of anilines is 1. The number of hydrogen-bond acceptors (Lipinski definition) is 5. The van der Waals surface area contributed by atoms with Crippen LogP contribution in [-0.2, 0) is 4.74 Å². The number of rotatable bonds is 2. The van der Waals surface area contributed by atoms with Crippen LogP contribution in [0.25, 0.3) is 0 Å². The molecule has 1 aromatic rings. The highest BCUT2D eigenvalue weighted by molar-refractivity contribution is 6.62. The average molecular weight is 272 g/mol. The van der Waals surface area contributed by atoms with Crippen molar-refractivity contribution in [3.63, 3.8) is 0 Å². The standard InChI is InChI=1S/C10H14BClN2O4/c1-10(2,3)18-9(15)14-8-4-6(11(16)17)7(12)5-13-8/h4-5,16-17H,1-3H3,(H,13,14,15). The maximum absolute atomic E-state index is 11.5. The van der Waals surface area contributed by atoms with E-state index in [0.717, 1.165) is 0 Å². The number of nitrogens with one attached hydrogen (secondary N) is 1. The summed E-state index contributed by atoms with van der Waals surface area (Å²) in [5.41, 5.74) is -0.576. The predicted molar refractivity (Wildman–Crippen MR) is 68.9 cm³/mol. The minimum Gasteiger partial charge on any atom is -0.444 e. The number of ether oxygens (including phenoxy) is 1. The normalized spacial score (nSPS) is 11.0. The van der Waals surface area contributed by atoms with Crippen LogP contribution in [0.4, 0.5) is 10.6 Å². The summed E-state index contributed by atoms with van der Waals surface area (Å²) in [6, 6.07) is 1.26. The Hall–Kier alpha value is -1.31. The fourth-order valence-electron chi connectivity index (χ4n) is 1.13. The van der Waals surface area contributed by atoms with Gasteiger partial charge in [-0.3, -0.25) is 5.32 Å². The zero-order valence-corrected chi connectivity index (χ0v) is 11.0. The number of hydrogen-bond donors (Lipinski definition) is 3. The Morgan fingerprint density at radius 1 is 1.50 bits per heavy atom. The highest BCUT2D eigenvalue weighted by Crippen LogP contribution is 2.11. The quantitative estimate of drug-likeness (QED) is 0.691. The van der Waals surface area contributed by atoms with Crippen molar-refractivity contribution < 1.29 is 19.6 Å². The van der Waals surface area contributed by atoms with Crippen molar-refractivity contribution >= 4 is 36.1 Å². The number of aromatic nitrogens is 1. The molecule has 1 aromatic heterocycles. The van der Waals surface area contributed by atoms with Crippen molar-refractivity contribution in [2.45, 2.75) is 26.4 Å². The molecule has 1 heterocycles. The maximum atomic E-state index is 11.5. The second kappa shape index (κ2) is 5.56. The SMILES string of the molecule is CC(C)(C)OC(=O)Nc1cc(B(O)O)c(Cl)cn1. The fraction of sp³-hybridized carbons (Fsp3) is 0.400. The molecule has 0 spiro atoms. The fourth-order valence-corrected chi connectivity index (χ4v) is 1.33. The first kappa shape index (κ1) is 14.8. The van der Waals surface area contributed by atoms with Gasteiger partial charge in [0.15, 0.2) is 0 Å². The van der Waals surface area contributed by atoms with Gasteiger partial charge in [0.2, 0.25) is 0 Å². The van der Waals surface area contributed by atoms with Crippen LogP contribution in [0.15, 0.2) is 12.3 Å². The Kier molecular flexibility index (Phi) is 4.56. The van der Waals surface area contributed by atoms with Gasteiger partial charge in [0.1, 0.15) is 11.4 Å². The lowest BCUT2D eigenvalue weighted by Crippen LogP contribution is -2.32. The first-order valence-electron chi connectivity index (χ1n) is 5.20. The van der Waals surface area contributed by atoms with Crippen LogP contribution >= 0.6 is 11.6 Å². The van der Waals surface area contributed by atoms with Crippen molar-refractivity contribution in [2.24, 2.45) is 0 Å². The topological polar surface area (TPSA) is 91.7 Å². The van der Waals surface area contributed by atoms with E-state index in [2.05, 4.69) is 10.3 Å². The van der Waals surface area contributed by atoms with Gasteiger partial charge in [-0.25, -0.2) is 9.78 Å². The van der Waals surface area contributed by atoms with Crippen LogP contribution in [0.1, 0.15) is 20.8 Å². The van der Waals surface area contributed by atoms with Crippen LogP contribution in [0.5, 0.6) is 0 Å². The molecule has 0 unspecified atom stereocenters. The summed E-state index contributed by atoms with van der Waals surface area (Å²) in [4.78, 5) is 15.3. The minimum atomic E-state index is -1.74. The molecule has 1 amide bonds. The lowest BCUT2D eigenvalue weighted by molar-refractivity contribution is 0.0635. The molecular formula is C10H14BClN2O4. The van der Waals surface area contributed by atoms with Crippen LogP contribution in [0, 0.1) is 0 Å². The van der Waals surface area contributed by atoms with Crippen molar-refractivity contribution in [3.8, 4) is 0 Å². The summed E-state index contributed by atoms with van der Waals surface area (Å²) < 4.78 is 5.02. The van der Waals surface area contributed by atoms with E-state index in [4.69, 9.17) is 26.4 Å². The highest BCUT2D eigenvalue weighted by Gasteiger charge is 2.19. The molecule has 1 rings (SSSR count). The molecule has 18 heavy (non-hydrogen) atoms. The van der Waals surface area contributed by atoms with Gasteiger partial charge in [0, 0.05) is 11.7 Å². The number of nitrogens with zero attached hydrogens (tertiary/aromatic N) is 1.